The molecular formula is C9H17NO. The third-order valence-corrected chi connectivity index (χ3v) is 2.67. The van der Waals surface area contributed by atoms with Crippen LogP contribution in [-0.4, -0.2) is 22.9 Å². The van der Waals surface area contributed by atoms with Gasteiger partial charge in [-0.2, -0.15) is 0 Å². The minimum atomic E-state index is 0.0770. The molecule has 2 nitrogen and oxygen atoms in total. The van der Waals surface area contributed by atoms with Gasteiger partial charge in [-0.25, -0.2) is 0 Å². The molecule has 0 aromatic rings. The highest BCUT2D eigenvalue weighted by molar-refractivity contribution is 5.78. The van der Waals surface area contributed by atoms with Gasteiger partial charge in [-0.15, -0.1) is 0 Å². The average molecular weight is 155 g/mol. The summed E-state index contributed by atoms with van der Waals surface area (Å²) in [6.07, 6.45) is 2.84. The summed E-state index contributed by atoms with van der Waals surface area (Å²) in [6.45, 7) is 7.36. The molecule has 1 aliphatic rings. The zero-order chi connectivity index (χ0) is 8.48. The van der Waals surface area contributed by atoms with E-state index in [4.69, 9.17) is 0 Å². The zero-order valence-electron chi connectivity index (χ0n) is 7.68. The first kappa shape index (κ1) is 8.57. The van der Waals surface area contributed by atoms with Crippen molar-refractivity contribution in [3.05, 3.63) is 0 Å². The number of carbonyl (C=O) groups is 1. The molecule has 0 radical (unpaired) electrons. The number of carbonyl (C=O) groups excluding carboxylic acids is 1. The van der Waals surface area contributed by atoms with Crippen molar-refractivity contribution in [1.82, 2.24) is 4.90 Å². The van der Waals surface area contributed by atoms with Crippen LogP contribution in [0.4, 0.5) is 0 Å². The van der Waals surface area contributed by atoms with Crippen molar-refractivity contribution in [2.24, 2.45) is 0 Å². The van der Waals surface area contributed by atoms with Gasteiger partial charge in [-0.05, 0) is 26.7 Å². The van der Waals surface area contributed by atoms with Crippen LogP contribution >= 0.6 is 0 Å². The second-order valence-corrected chi connectivity index (χ2v) is 3.81. The summed E-state index contributed by atoms with van der Waals surface area (Å²) in [6, 6.07) is 0. The first-order chi connectivity index (χ1) is 5.08. The van der Waals surface area contributed by atoms with Gasteiger partial charge in [-0.3, -0.25) is 4.79 Å². The summed E-state index contributed by atoms with van der Waals surface area (Å²) < 4.78 is 0. The summed E-state index contributed by atoms with van der Waals surface area (Å²) in [7, 11) is 0. The number of amides is 1. The van der Waals surface area contributed by atoms with Crippen LogP contribution in [-0.2, 0) is 4.79 Å². The largest absolute Gasteiger partial charge is 0.338 e. The molecular weight excluding hydrogens is 138 g/mol. The molecule has 0 bridgehead atoms. The van der Waals surface area contributed by atoms with E-state index in [2.05, 4.69) is 20.8 Å². The van der Waals surface area contributed by atoms with Crippen molar-refractivity contribution in [2.45, 2.75) is 45.6 Å². The smallest absolute Gasteiger partial charge is 0.223 e. The second-order valence-electron chi connectivity index (χ2n) is 3.81. The lowest BCUT2D eigenvalue weighted by atomic mass is 10.00. The Kier molecular flexibility index (Phi) is 2.21. The summed E-state index contributed by atoms with van der Waals surface area (Å²) in [5.74, 6) is 0.330. The Labute approximate surface area is 68.6 Å². The first-order valence-electron chi connectivity index (χ1n) is 4.38. The fourth-order valence-electron chi connectivity index (χ4n) is 1.48. The van der Waals surface area contributed by atoms with Crippen molar-refractivity contribution in [3.63, 3.8) is 0 Å². The van der Waals surface area contributed by atoms with E-state index in [9.17, 15) is 4.79 Å². The molecule has 0 saturated carbocycles. The molecule has 1 rings (SSSR count). The molecule has 1 saturated heterocycles. The zero-order valence-corrected chi connectivity index (χ0v) is 7.68. The van der Waals surface area contributed by atoms with Crippen molar-refractivity contribution >= 4 is 5.91 Å². The highest BCUT2D eigenvalue weighted by atomic mass is 16.2. The van der Waals surface area contributed by atoms with Gasteiger partial charge < -0.3 is 4.90 Å². The minimum Gasteiger partial charge on any atom is -0.338 e. The number of hydrogen-bond acceptors (Lipinski definition) is 1. The molecule has 1 amide bonds. The molecule has 11 heavy (non-hydrogen) atoms. The van der Waals surface area contributed by atoms with Gasteiger partial charge in [0.05, 0.1) is 0 Å². The lowest BCUT2D eigenvalue weighted by Crippen LogP contribution is -2.43. The SMILES string of the molecule is CCC(C)(C)N1CCCC1=O. The minimum absolute atomic E-state index is 0.0770. The van der Waals surface area contributed by atoms with E-state index < -0.39 is 0 Å². The molecule has 2 heteroatoms. The standard InChI is InChI=1S/C9H17NO/c1-4-9(2,3)10-7-5-6-8(10)11/h4-7H2,1-3H3. The fourth-order valence-corrected chi connectivity index (χ4v) is 1.48. The molecule has 0 spiro atoms. The predicted octanol–water partition coefficient (Wildman–Crippen LogP) is 1.80. The highest BCUT2D eigenvalue weighted by Crippen LogP contribution is 2.24. The van der Waals surface area contributed by atoms with Gasteiger partial charge in [0.1, 0.15) is 0 Å². The maximum atomic E-state index is 11.3. The Morgan fingerprint density at radius 1 is 1.55 bits per heavy atom. The average Bonchev–Trinajstić information content (AvgIpc) is 2.36. The van der Waals surface area contributed by atoms with E-state index in [0.717, 1.165) is 25.8 Å². The van der Waals surface area contributed by atoms with Gasteiger partial charge in [0.25, 0.3) is 0 Å². The Hall–Kier alpha value is -0.530. The van der Waals surface area contributed by atoms with E-state index in [1.54, 1.807) is 0 Å². The highest BCUT2D eigenvalue weighted by Gasteiger charge is 2.31. The lowest BCUT2D eigenvalue weighted by Gasteiger charge is -2.34. The summed E-state index contributed by atoms with van der Waals surface area (Å²) in [4.78, 5) is 13.3. The number of hydrogen-bond donors (Lipinski definition) is 0. The van der Waals surface area contributed by atoms with Gasteiger partial charge in [-0.1, -0.05) is 6.92 Å². The molecule has 64 valence electrons. The fraction of sp³-hybridized carbons (Fsp3) is 0.889. The molecule has 1 fully saturated rings. The number of likely N-dealkylation sites (tertiary alicyclic amines) is 1. The summed E-state index contributed by atoms with van der Waals surface area (Å²) in [5, 5.41) is 0. The van der Waals surface area contributed by atoms with Crippen LogP contribution in [0.3, 0.4) is 0 Å². The van der Waals surface area contributed by atoms with Gasteiger partial charge >= 0.3 is 0 Å². The van der Waals surface area contributed by atoms with E-state index in [-0.39, 0.29) is 5.54 Å². The van der Waals surface area contributed by atoms with Crippen molar-refractivity contribution < 1.29 is 4.79 Å². The second kappa shape index (κ2) is 2.84. The molecule has 0 aliphatic carbocycles. The van der Waals surface area contributed by atoms with E-state index in [1.165, 1.54) is 0 Å². The van der Waals surface area contributed by atoms with Crippen LogP contribution < -0.4 is 0 Å². The van der Waals surface area contributed by atoms with Crippen molar-refractivity contribution in [2.75, 3.05) is 6.54 Å². The van der Waals surface area contributed by atoms with Crippen molar-refractivity contribution in [1.29, 1.82) is 0 Å². The van der Waals surface area contributed by atoms with Crippen LogP contribution in [0.25, 0.3) is 0 Å². The van der Waals surface area contributed by atoms with Crippen LogP contribution in [0.15, 0.2) is 0 Å². The van der Waals surface area contributed by atoms with E-state index in [0.29, 0.717) is 5.91 Å². The molecule has 0 unspecified atom stereocenters. The van der Waals surface area contributed by atoms with Crippen LogP contribution in [0.5, 0.6) is 0 Å². The van der Waals surface area contributed by atoms with Crippen molar-refractivity contribution in [3.8, 4) is 0 Å². The predicted molar refractivity (Wildman–Crippen MR) is 45.3 cm³/mol. The van der Waals surface area contributed by atoms with Gasteiger partial charge in [0.2, 0.25) is 5.91 Å². The quantitative estimate of drug-likeness (QED) is 0.595. The third-order valence-electron chi connectivity index (χ3n) is 2.67. The van der Waals surface area contributed by atoms with Gasteiger partial charge in [0.15, 0.2) is 0 Å². The Balaban J connectivity index is 2.65. The van der Waals surface area contributed by atoms with Crippen LogP contribution in [0, 0.1) is 0 Å². The number of rotatable bonds is 2. The van der Waals surface area contributed by atoms with E-state index >= 15 is 0 Å². The molecule has 1 heterocycles. The van der Waals surface area contributed by atoms with Gasteiger partial charge in [0, 0.05) is 18.5 Å². The lowest BCUT2D eigenvalue weighted by molar-refractivity contribution is -0.132. The van der Waals surface area contributed by atoms with E-state index in [1.807, 2.05) is 4.90 Å². The maximum absolute atomic E-state index is 11.3. The monoisotopic (exact) mass is 155 g/mol. The Morgan fingerprint density at radius 2 is 2.18 bits per heavy atom. The Morgan fingerprint density at radius 3 is 2.55 bits per heavy atom. The summed E-state index contributed by atoms with van der Waals surface area (Å²) >= 11 is 0. The first-order valence-corrected chi connectivity index (χ1v) is 4.38. The summed E-state index contributed by atoms with van der Waals surface area (Å²) in [5.41, 5.74) is 0.0770. The third kappa shape index (κ3) is 1.55. The van der Waals surface area contributed by atoms with Crippen LogP contribution in [0.1, 0.15) is 40.0 Å². The normalized spacial score (nSPS) is 19.5. The topological polar surface area (TPSA) is 20.3 Å². The van der Waals surface area contributed by atoms with Crippen LogP contribution in [0.2, 0.25) is 0 Å². The molecule has 0 atom stereocenters. The Bertz CT molecular complexity index is 163. The number of nitrogens with zero attached hydrogens (tertiary/aromatic N) is 1. The molecule has 0 N–H and O–H groups in total. The molecule has 1 aliphatic heterocycles. The molecule has 0 aromatic heterocycles. The molecule has 0 aromatic carbocycles. The maximum Gasteiger partial charge on any atom is 0.223 e.